The molecule has 0 aliphatic rings. The Morgan fingerprint density at radius 1 is 1.12 bits per heavy atom. The Labute approximate surface area is 97.9 Å². The molecular formula is C12H22N4. The van der Waals surface area contributed by atoms with Gasteiger partial charge >= 0.3 is 0 Å². The summed E-state index contributed by atoms with van der Waals surface area (Å²) in [5, 5.41) is 6.64. The molecule has 0 bridgehead atoms. The molecule has 0 fully saturated rings. The van der Waals surface area contributed by atoms with Crippen LogP contribution < -0.4 is 10.6 Å². The molecular weight excluding hydrogens is 200 g/mol. The van der Waals surface area contributed by atoms with Crippen LogP contribution in [0.2, 0.25) is 0 Å². The second-order valence-electron chi connectivity index (χ2n) is 4.47. The van der Waals surface area contributed by atoms with E-state index in [1.807, 2.05) is 0 Å². The highest BCUT2D eigenvalue weighted by Crippen LogP contribution is 2.28. The largest absolute Gasteiger partial charge is 0.370 e. The maximum absolute atomic E-state index is 4.32. The standard InChI is InChI=1S/C12H22N4/c1-6-13-11-10(8(2)3)12(15-7-14-11)16-9(4)5/h7-9H,6H2,1-5H3,(H2,13,14,15,16). The van der Waals surface area contributed by atoms with E-state index in [-0.39, 0.29) is 0 Å². The molecule has 1 rings (SSSR count). The predicted octanol–water partition coefficient (Wildman–Crippen LogP) is 2.85. The van der Waals surface area contributed by atoms with Crippen molar-refractivity contribution in [3.8, 4) is 0 Å². The van der Waals surface area contributed by atoms with Gasteiger partial charge in [-0.05, 0) is 26.7 Å². The summed E-state index contributed by atoms with van der Waals surface area (Å²) in [5.41, 5.74) is 1.16. The van der Waals surface area contributed by atoms with Gasteiger partial charge in [0.05, 0.1) is 0 Å². The molecule has 0 unspecified atom stereocenters. The molecule has 2 N–H and O–H groups in total. The third-order valence-corrected chi connectivity index (χ3v) is 2.23. The number of anilines is 2. The van der Waals surface area contributed by atoms with Gasteiger partial charge in [-0.1, -0.05) is 13.8 Å². The van der Waals surface area contributed by atoms with Crippen molar-refractivity contribution < 1.29 is 0 Å². The van der Waals surface area contributed by atoms with Crippen LogP contribution in [-0.2, 0) is 0 Å². The van der Waals surface area contributed by atoms with Crippen LogP contribution >= 0.6 is 0 Å². The van der Waals surface area contributed by atoms with Crippen molar-refractivity contribution in [2.24, 2.45) is 0 Å². The molecule has 0 aromatic carbocycles. The van der Waals surface area contributed by atoms with E-state index in [1.54, 1.807) is 6.33 Å². The Balaban J connectivity index is 3.10. The predicted molar refractivity (Wildman–Crippen MR) is 69.0 cm³/mol. The third kappa shape index (κ3) is 3.08. The average Bonchev–Trinajstić information content (AvgIpc) is 2.16. The summed E-state index contributed by atoms with van der Waals surface area (Å²) in [6.45, 7) is 11.5. The first-order valence-corrected chi connectivity index (χ1v) is 5.91. The third-order valence-electron chi connectivity index (χ3n) is 2.23. The molecule has 1 heterocycles. The molecule has 0 spiro atoms. The zero-order valence-corrected chi connectivity index (χ0v) is 10.8. The molecule has 0 amide bonds. The van der Waals surface area contributed by atoms with Gasteiger partial charge in [-0.15, -0.1) is 0 Å². The lowest BCUT2D eigenvalue weighted by molar-refractivity contribution is 0.824. The van der Waals surface area contributed by atoms with Crippen LogP contribution in [0.4, 0.5) is 11.6 Å². The van der Waals surface area contributed by atoms with Gasteiger partial charge in [-0.25, -0.2) is 9.97 Å². The van der Waals surface area contributed by atoms with E-state index in [1.165, 1.54) is 0 Å². The van der Waals surface area contributed by atoms with E-state index < -0.39 is 0 Å². The van der Waals surface area contributed by atoms with Gasteiger partial charge in [-0.3, -0.25) is 0 Å². The lowest BCUT2D eigenvalue weighted by Crippen LogP contribution is -2.16. The molecule has 1 aromatic rings. The van der Waals surface area contributed by atoms with E-state index >= 15 is 0 Å². The molecule has 0 aliphatic heterocycles. The molecule has 0 radical (unpaired) electrons. The van der Waals surface area contributed by atoms with Gasteiger partial charge in [0.15, 0.2) is 0 Å². The summed E-state index contributed by atoms with van der Waals surface area (Å²) < 4.78 is 0. The summed E-state index contributed by atoms with van der Waals surface area (Å²) >= 11 is 0. The van der Waals surface area contributed by atoms with Crippen molar-refractivity contribution in [1.29, 1.82) is 0 Å². The van der Waals surface area contributed by atoms with E-state index in [4.69, 9.17) is 0 Å². The summed E-state index contributed by atoms with van der Waals surface area (Å²) in [5.74, 6) is 2.28. The van der Waals surface area contributed by atoms with Crippen molar-refractivity contribution in [3.63, 3.8) is 0 Å². The van der Waals surface area contributed by atoms with Crippen molar-refractivity contribution in [2.75, 3.05) is 17.2 Å². The van der Waals surface area contributed by atoms with Crippen LogP contribution in [0.5, 0.6) is 0 Å². The number of nitrogens with zero attached hydrogens (tertiary/aromatic N) is 2. The normalized spacial score (nSPS) is 10.9. The van der Waals surface area contributed by atoms with Crippen LogP contribution in [0.25, 0.3) is 0 Å². The quantitative estimate of drug-likeness (QED) is 0.804. The minimum absolute atomic E-state index is 0.377. The summed E-state index contributed by atoms with van der Waals surface area (Å²) in [6.07, 6.45) is 1.61. The van der Waals surface area contributed by atoms with E-state index in [2.05, 4.69) is 55.2 Å². The molecule has 0 atom stereocenters. The molecule has 0 aliphatic carbocycles. The second kappa shape index (κ2) is 5.68. The molecule has 0 saturated carbocycles. The minimum atomic E-state index is 0.377. The maximum atomic E-state index is 4.32. The molecule has 4 heteroatoms. The maximum Gasteiger partial charge on any atom is 0.135 e. The van der Waals surface area contributed by atoms with Crippen molar-refractivity contribution in [3.05, 3.63) is 11.9 Å². The number of nitrogens with one attached hydrogen (secondary N) is 2. The van der Waals surface area contributed by atoms with Gasteiger partial charge in [0.25, 0.3) is 0 Å². The van der Waals surface area contributed by atoms with Crippen LogP contribution in [0.3, 0.4) is 0 Å². The first-order chi connectivity index (χ1) is 7.56. The highest BCUT2D eigenvalue weighted by Gasteiger charge is 2.14. The van der Waals surface area contributed by atoms with E-state index in [9.17, 15) is 0 Å². The highest BCUT2D eigenvalue weighted by atomic mass is 15.1. The van der Waals surface area contributed by atoms with Crippen molar-refractivity contribution in [1.82, 2.24) is 9.97 Å². The van der Waals surface area contributed by atoms with E-state index in [0.29, 0.717) is 12.0 Å². The van der Waals surface area contributed by atoms with Gasteiger partial charge in [0.1, 0.15) is 18.0 Å². The number of hydrogen-bond donors (Lipinski definition) is 2. The average molecular weight is 222 g/mol. The van der Waals surface area contributed by atoms with Gasteiger partial charge < -0.3 is 10.6 Å². The second-order valence-corrected chi connectivity index (χ2v) is 4.47. The Morgan fingerprint density at radius 3 is 2.25 bits per heavy atom. The number of rotatable bonds is 5. The van der Waals surface area contributed by atoms with Crippen LogP contribution in [-0.4, -0.2) is 22.6 Å². The lowest BCUT2D eigenvalue weighted by atomic mass is 10.0. The van der Waals surface area contributed by atoms with Crippen LogP contribution in [0.1, 0.15) is 46.1 Å². The highest BCUT2D eigenvalue weighted by molar-refractivity contribution is 5.59. The van der Waals surface area contributed by atoms with Gasteiger partial charge in [-0.2, -0.15) is 0 Å². The molecule has 16 heavy (non-hydrogen) atoms. The SMILES string of the molecule is CCNc1ncnc(NC(C)C)c1C(C)C. The fourth-order valence-corrected chi connectivity index (χ4v) is 1.64. The zero-order chi connectivity index (χ0) is 12.1. The topological polar surface area (TPSA) is 49.8 Å². The monoisotopic (exact) mass is 222 g/mol. The van der Waals surface area contributed by atoms with Gasteiger partial charge in [0.2, 0.25) is 0 Å². The Bertz CT molecular complexity index is 334. The number of hydrogen-bond acceptors (Lipinski definition) is 4. The van der Waals surface area contributed by atoms with Crippen molar-refractivity contribution in [2.45, 2.75) is 46.6 Å². The summed E-state index contributed by atoms with van der Waals surface area (Å²) in [4.78, 5) is 8.62. The first kappa shape index (κ1) is 12.7. The van der Waals surface area contributed by atoms with Crippen LogP contribution in [0.15, 0.2) is 6.33 Å². The minimum Gasteiger partial charge on any atom is -0.370 e. The fourth-order valence-electron chi connectivity index (χ4n) is 1.64. The first-order valence-electron chi connectivity index (χ1n) is 5.91. The lowest BCUT2D eigenvalue weighted by Gasteiger charge is -2.18. The Morgan fingerprint density at radius 2 is 1.75 bits per heavy atom. The molecule has 0 saturated heterocycles. The molecule has 4 nitrogen and oxygen atoms in total. The summed E-state index contributed by atoms with van der Waals surface area (Å²) in [7, 11) is 0. The fraction of sp³-hybridized carbons (Fsp3) is 0.667. The van der Waals surface area contributed by atoms with Crippen LogP contribution in [0, 0.1) is 0 Å². The van der Waals surface area contributed by atoms with Crippen molar-refractivity contribution >= 4 is 11.6 Å². The Hall–Kier alpha value is -1.32. The summed E-state index contributed by atoms with van der Waals surface area (Å²) in [6, 6.07) is 0.377. The molecule has 1 aromatic heterocycles. The number of aromatic nitrogens is 2. The van der Waals surface area contributed by atoms with Gasteiger partial charge in [0, 0.05) is 18.2 Å². The van der Waals surface area contributed by atoms with E-state index in [0.717, 1.165) is 23.7 Å². The Kier molecular flexibility index (Phi) is 4.52. The zero-order valence-electron chi connectivity index (χ0n) is 10.8. The molecule has 90 valence electrons. The smallest absolute Gasteiger partial charge is 0.135 e.